The van der Waals surface area contributed by atoms with Gasteiger partial charge in [0.15, 0.2) is 0 Å². The van der Waals surface area contributed by atoms with Crippen molar-refractivity contribution in [2.24, 2.45) is 0 Å². The Morgan fingerprint density at radius 3 is 2.42 bits per heavy atom. The molecule has 1 aliphatic carbocycles. The first-order valence-corrected chi connectivity index (χ1v) is 3.35. The molecule has 68 valence electrons. The maximum atomic E-state index is 10.3. The highest BCUT2D eigenvalue weighted by Gasteiger charge is 2.10. The minimum absolute atomic E-state index is 0.175. The molecule has 0 radical (unpaired) electrons. The van der Waals surface area contributed by atoms with Crippen molar-refractivity contribution in [2.45, 2.75) is 12.8 Å². The van der Waals surface area contributed by atoms with E-state index in [0.29, 0.717) is 6.42 Å². The Morgan fingerprint density at radius 2 is 2.00 bits per heavy atom. The van der Waals surface area contributed by atoms with Crippen LogP contribution in [0, 0.1) is 10.4 Å². The third-order valence-electron chi connectivity index (χ3n) is 1.56. The number of nitrogens with zero attached hydrogens (tertiary/aromatic N) is 2. The molecule has 1 aliphatic rings. The van der Waals surface area contributed by atoms with E-state index in [4.69, 9.17) is 10.4 Å². The van der Waals surface area contributed by atoms with E-state index in [1.54, 1.807) is 6.08 Å². The fraction of sp³-hybridized carbons (Fsp3) is 0.333. The van der Waals surface area contributed by atoms with Crippen molar-refractivity contribution in [2.75, 3.05) is 0 Å². The van der Waals surface area contributed by atoms with Crippen molar-refractivity contribution in [3.63, 3.8) is 0 Å². The highest BCUT2D eigenvalue weighted by Crippen LogP contribution is 2.21. The first kappa shape index (κ1) is 9.01. The molecule has 0 fully saturated rings. The molecule has 0 heterocycles. The summed E-state index contributed by atoms with van der Waals surface area (Å²) in [4.78, 5) is 0. The van der Waals surface area contributed by atoms with E-state index in [1.165, 1.54) is 6.08 Å². The van der Waals surface area contributed by atoms with E-state index in [9.17, 15) is 10.4 Å². The van der Waals surface area contributed by atoms with Crippen LogP contribution in [0.25, 0.3) is 0 Å². The molecule has 6 heteroatoms. The Hall–Kier alpha value is -1.08. The van der Waals surface area contributed by atoms with E-state index in [-0.39, 0.29) is 23.0 Å². The molecule has 12 heavy (non-hydrogen) atoms. The molecule has 0 aliphatic heterocycles. The average Bonchev–Trinajstić information content (AvgIpc) is 2.04. The zero-order chi connectivity index (χ0) is 9.14. The van der Waals surface area contributed by atoms with Crippen molar-refractivity contribution in [1.82, 2.24) is 10.5 Å². The topological polar surface area (TPSA) is 93.1 Å². The van der Waals surface area contributed by atoms with Crippen molar-refractivity contribution in [1.29, 1.82) is 0 Å². The Labute approximate surface area is 68.7 Å². The molecule has 0 aromatic heterocycles. The predicted octanol–water partition coefficient (Wildman–Crippen LogP) is 0.926. The molecule has 0 bridgehead atoms. The molecule has 0 atom stereocenters. The second-order valence-corrected chi connectivity index (χ2v) is 2.32. The molecule has 1 rings (SSSR count). The van der Waals surface area contributed by atoms with Gasteiger partial charge < -0.3 is 15.6 Å². The molecule has 0 saturated heterocycles. The molecule has 2 N–H and O–H groups in total. The van der Waals surface area contributed by atoms with Gasteiger partial charge in [-0.2, -0.15) is 0 Å². The normalized spacial score (nSPS) is 16.7. The summed E-state index contributed by atoms with van der Waals surface area (Å²) in [6, 6.07) is 0. The number of hydroxylamine groups is 4. The summed E-state index contributed by atoms with van der Waals surface area (Å²) in [5.74, 6) is 0. The molecule has 0 unspecified atom stereocenters. The van der Waals surface area contributed by atoms with Gasteiger partial charge in [0.25, 0.3) is 0 Å². The van der Waals surface area contributed by atoms with E-state index >= 15 is 0 Å². The van der Waals surface area contributed by atoms with Gasteiger partial charge in [0.2, 0.25) is 0 Å². The van der Waals surface area contributed by atoms with Crippen LogP contribution in [0.3, 0.4) is 0 Å². The van der Waals surface area contributed by atoms with Crippen LogP contribution in [-0.2, 0) is 0 Å². The van der Waals surface area contributed by atoms with Gasteiger partial charge in [0.05, 0.1) is 0 Å². The van der Waals surface area contributed by atoms with Crippen LogP contribution < -0.4 is 0 Å². The predicted molar refractivity (Wildman–Crippen MR) is 39.4 cm³/mol. The van der Waals surface area contributed by atoms with Gasteiger partial charge in [0.1, 0.15) is 5.70 Å². The Kier molecular flexibility index (Phi) is 2.66. The SMILES string of the molecule is [O-]N([O-])C1=C(N(O)O)C=CCC1. The highest BCUT2D eigenvalue weighted by molar-refractivity contribution is 5.26. The summed E-state index contributed by atoms with van der Waals surface area (Å²) in [5, 5.41) is 37.0. The standard InChI is InChI=1S/C6H8N2O4/c9-7(10)5-3-1-2-4-6(5)8(11)12/h1,3,9-10H,2,4H2/q-2. The van der Waals surface area contributed by atoms with Crippen molar-refractivity contribution >= 4 is 0 Å². The van der Waals surface area contributed by atoms with Crippen molar-refractivity contribution < 1.29 is 10.4 Å². The van der Waals surface area contributed by atoms with Crippen LogP contribution >= 0.6 is 0 Å². The molecular formula is C6H8N2O4-2. The van der Waals surface area contributed by atoms with Crippen LogP contribution in [0.1, 0.15) is 12.8 Å². The van der Waals surface area contributed by atoms with E-state index in [1.807, 2.05) is 0 Å². The van der Waals surface area contributed by atoms with Crippen LogP contribution in [-0.4, -0.2) is 20.9 Å². The minimum Gasteiger partial charge on any atom is -0.769 e. The summed E-state index contributed by atoms with van der Waals surface area (Å²) < 4.78 is 0. The first-order chi connectivity index (χ1) is 5.63. The lowest BCUT2D eigenvalue weighted by molar-refractivity contribution is -0.277. The average molecular weight is 172 g/mol. The first-order valence-electron chi connectivity index (χ1n) is 3.35. The number of rotatable bonds is 2. The van der Waals surface area contributed by atoms with E-state index in [0.717, 1.165) is 0 Å². The molecule has 0 aromatic rings. The van der Waals surface area contributed by atoms with Crippen LogP contribution in [0.5, 0.6) is 0 Å². The summed E-state index contributed by atoms with van der Waals surface area (Å²) in [6.07, 6.45) is 3.72. The lowest BCUT2D eigenvalue weighted by Crippen LogP contribution is -2.20. The third-order valence-corrected chi connectivity index (χ3v) is 1.56. The zero-order valence-electron chi connectivity index (χ0n) is 6.17. The lowest BCUT2D eigenvalue weighted by atomic mass is 10.1. The smallest absolute Gasteiger partial charge is 0.111 e. The fourth-order valence-corrected chi connectivity index (χ4v) is 1.01. The van der Waals surface area contributed by atoms with Gasteiger partial charge in [0, 0.05) is 5.70 Å². The number of allylic oxidation sites excluding steroid dienone is 3. The monoisotopic (exact) mass is 172 g/mol. The van der Waals surface area contributed by atoms with E-state index in [2.05, 4.69) is 0 Å². The Morgan fingerprint density at radius 1 is 1.33 bits per heavy atom. The van der Waals surface area contributed by atoms with Crippen molar-refractivity contribution in [3.05, 3.63) is 34.0 Å². The van der Waals surface area contributed by atoms with Gasteiger partial charge in [-0.25, -0.2) is 0 Å². The second kappa shape index (κ2) is 3.55. The summed E-state index contributed by atoms with van der Waals surface area (Å²) in [7, 11) is 0. The Bertz CT molecular complexity index is 222. The third kappa shape index (κ3) is 1.74. The van der Waals surface area contributed by atoms with Crippen LogP contribution in [0.15, 0.2) is 23.5 Å². The number of hydrogen-bond acceptors (Lipinski definition) is 6. The molecule has 0 spiro atoms. The van der Waals surface area contributed by atoms with Gasteiger partial charge >= 0.3 is 0 Å². The number of hydrogen-bond donors (Lipinski definition) is 2. The largest absolute Gasteiger partial charge is 0.769 e. The van der Waals surface area contributed by atoms with Gasteiger partial charge in [-0.15, -0.1) is 5.23 Å². The van der Waals surface area contributed by atoms with Crippen molar-refractivity contribution in [3.8, 4) is 0 Å². The van der Waals surface area contributed by atoms with Gasteiger partial charge in [-0.1, -0.05) is 6.08 Å². The Balaban J connectivity index is 2.92. The molecule has 6 nitrogen and oxygen atoms in total. The van der Waals surface area contributed by atoms with E-state index < -0.39 is 5.23 Å². The minimum atomic E-state index is -0.613. The molecular weight excluding hydrogens is 164 g/mol. The highest BCUT2D eigenvalue weighted by atomic mass is 16.8. The van der Waals surface area contributed by atoms with Crippen LogP contribution in [0.2, 0.25) is 0 Å². The quantitative estimate of drug-likeness (QED) is 0.601. The lowest BCUT2D eigenvalue weighted by Gasteiger charge is -2.42. The second-order valence-electron chi connectivity index (χ2n) is 2.32. The van der Waals surface area contributed by atoms with Gasteiger partial charge in [-0.3, -0.25) is 10.4 Å². The van der Waals surface area contributed by atoms with Gasteiger partial charge in [-0.05, 0) is 18.9 Å². The summed E-state index contributed by atoms with van der Waals surface area (Å²) >= 11 is 0. The summed E-state index contributed by atoms with van der Waals surface area (Å²) in [6.45, 7) is 0. The molecule has 0 aromatic carbocycles. The fourth-order valence-electron chi connectivity index (χ4n) is 1.01. The molecule has 0 saturated carbocycles. The van der Waals surface area contributed by atoms with Crippen LogP contribution in [0.4, 0.5) is 0 Å². The molecule has 0 amide bonds. The maximum absolute atomic E-state index is 10.3. The zero-order valence-corrected chi connectivity index (χ0v) is 6.17. The summed E-state index contributed by atoms with van der Waals surface area (Å²) in [5.41, 5.74) is -0.353. The maximum Gasteiger partial charge on any atom is 0.111 e.